The van der Waals surface area contributed by atoms with Crippen LogP contribution < -0.4 is 10.6 Å². The van der Waals surface area contributed by atoms with Crippen LogP contribution in [0.25, 0.3) is 0 Å². The number of rotatable bonds is 3. The van der Waals surface area contributed by atoms with Crippen molar-refractivity contribution in [3.05, 3.63) is 35.9 Å². The highest BCUT2D eigenvalue weighted by atomic mass is 16.2. The average Bonchev–Trinajstić information content (AvgIpc) is 2.72. The molecule has 0 aliphatic carbocycles. The highest BCUT2D eigenvalue weighted by molar-refractivity contribution is 6.03. The molecule has 1 saturated heterocycles. The summed E-state index contributed by atoms with van der Waals surface area (Å²) in [4.78, 5) is 23.6. The molecule has 0 radical (unpaired) electrons. The third kappa shape index (κ3) is 2.30. The van der Waals surface area contributed by atoms with Crippen LogP contribution in [0.15, 0.2) is 30.3 Å². The summed E-state index contributed by atoms with van der Waals surface area (Å²) in [6.45, 7) is 3.98. The number of carbonyl (C=O) groups excluding carboxylic acids is 2. The first-order valence-corrected chi connectivity index (χ1v) is 5.76. The summed E-state index contributed by atoms with van der Waals surface area (Å²) in [6.07, 6.45) is 0. The predicted molar refractivity (Wildman–Crippen MR) is 64.9 cm³/mol. The van der Waals surface area contributed by atoms with Gasteiger partial charge in [0.15, 0.2) is 5.78 Å². The number of Topliss-reactive ketones (excluding diaryl/α,β-unsaturated/α-hetero) is 1. The van der Waals surface area contributed by atoms with Crippen molar-refractivity contribution in [2.45, 2.75) is 25.9 Å². The molecule has 1 aliphatic rings. The monoisotopic (exact) mass is 232 g/mol. The van der Waals surface area contributed by atoms with Crippen molar-refractivity contribution in [3.8, 4) is 0 Å². The first-order chi connectivity index (χ1) is 8.09. The molecule has 2 atom stereocenters. The number of amides is 2. The van der Waals surface area contributed by atoms with Gasteiger partial charge in [-0.25, -0.2) is 4.79 Å². The van der Waals surface area contributed by atoms with Crippen LogP contribution >= 0.6 is 0 Å². The molecule has 4 heteroatoms. The summed E-state index contributed by atoms with van der Waals surface area (Å²) in [5, 5.41) is 5.47. The van der Waals surface area contributed by atoms with Gasteiger partial charge in [-0.15, -0.1) is 0 Å². The van der Waals surface area contributed by atoms with Crippen LogP contribution in [0.4, 0.5) is 4.79 Å². The SMILES string of the molecule is CC(C)C1NC(=O)NC1C(=O)c1ccccc1. The molecule has 0 aromatic heterocycles. The largest absolute Gasteiger partial charge is 0.333 e. The first kappa shape index (κ1) is 11.6. The quantitative estimate of drug-likeness (QED) is 0.777. The second-order valence-corrected chi connectivity index (χ2v) is 4.60. The molecular weight excluding hydrogens is 216 g/mol. The Morgan fingerprint density at radius 2 is 1.82 bits per heavy atom. The maximum Gasteiger partial charge on any atom is 0.315 e. The van der Waals surface area contributed by atoms with Gasteiger partial charge in [-0.3, -0.25) is 4.79 Å². The van der Waals surface area contributed by atoms with E-state index in [1.807, 2.05) is 32.0 Å². The van der Waals surface area contributed by atoms with Crippen molar-refractivity contribution >= 4 is 11.8 Å². The lowest BCUT2D eigenvalue weighted by atomic mass is 9.92. The lowest BCUT2D eigenvalue weighted by molar-refractivity contribution is 0.0934. The Morgan fingerprint density at radius 1 is 1.18 bits per heavy atom. The fraction of sp³-hybridized carbons (Fsp3) is 0.385. The van der Waals surface area contributed by atoms with Crippen molar-refractivity contribution in [2.24, 2.45) is 5.92 Å². The average molecular weight is 232 g/mol. The minimum Gasteiger partial charge on any atom is -0.333 e. The molecule has 2 unspecified atom stereocenters. The van der Waals surface area contributed by atoms with Crippen molar-refractivity contribution in [1.29, 1.82) is 0 Å². The van der Waals surface area contributed by atoms with E-state index in [2.05, 4.69) is 10.6 Å². The second kappa shape index (κ2) is 4.57. The number of carbonyl (C=O) groups is 2. The van der Waals surface area contributed by atoms with Gasteiger partial charge in [0, 0.05) is 5.56 Å². The van der Waals surface area contributed by atoms with Gasteiger partial charge in [0.25, 0.3) is 0 Å². The van der Waals surface area contributed by atoms with Crippen molar-refractivity contribution in [2.75, 3.05) is 0 Å². The van der Waals surface area contributed by atoms with Crippen LogP contribution in [0.1, 0.15) is 24.2 Å². The summed E-state index contributed by atoms with van der Waals surface area (Å²) in [6, 6.07) is 8.17. The molecule has 17 heavy (non-hydrogen) atoms. The van der Waals surface area contributed by atoms with E-state index in [-0.39, 0.29) is 23.8 Å². The van der Waals surface area contributed by atoms with Gasteiger partial charge < -0.3 is 10.6 Å². The Labute approximate surface area is 100 Å². The van der Waals surface area contributed by atoms with Gasteiger partial charge in [-0.05, 0) is 5.92 Å². The molecule has 1 aromatic carbocycles. The number of ketones is 1. The minimum absolute atomic E-state index is 0.0392. The third-order valence-electron chi connectivity index (χ3n) is 3.00. The molecule has 2 rings (SSSR count). The molecule has 1 aromatic rings. The number of benzene rings is 1. The molecule has 0 saturated carbocycles. The van der Waals surface area contributed by atoms with Gasteiger partial charge >= 0.3 is 6.03 Å². The smallest absolute Gasteiger partial charge is 0.315 e. The number of urea groups is 1. The molecule has 0 bridgehead atoms. The Hall–Kier alpha value is -1.84. The van der Waals surface area contributed by atoms with E-state index >= 15 is 0 Å². The van der Waals surface area contributed by atoms with E-state index in [4.69, 9.17) is 0 Å². The first-order valence-electron chi connectivity index (χ1n) is 5.76. The van der Waals surface area contributed by atoms with Crippen LogP contribution in [0.5, 0.6) is 0 Å². The van der Waals surface area contributed by atoms with E-state index in [0.717, 1.165) is 0 Å². The zero-order valence-electron chi connectivity index (χ0n) is 9.94. The predicted octanol–water partition coefficient (Wildman–Crippen LogP) is 1.58. The van der Waals surface area contributed by atoms with Gasteiger partial charge in [0.05, 0.1) is 6.04 Å². The van der Waals surface area contributed by atoms with Crippen LogP contribution in [0.3, 0.4) is 0 Å². The molecule has 1 fully saturated rings. The fourth-order valence-corrected chi connectivity index (χ4v) is 2.07. The second-order valence-electron chi connectivity index (χ2n) is 4.60. The molecule has 0 spiro atoms. The fourth-order valence-electron chi connectivity index (χ4n) is 2.07. The topological polar surface area (TPSA) is 58.2 Å². The summed E-state index contributed by atoms with van der Waals surface area (Å²) in [5.41, 5.74) is 0.632. The standard InChI is InChI=1S/C13H16N2O2/c1-8(2)10-11(15-13(17)14-10)12(16)9-6-4-3-5-7-9/h3-8,10-11H,1-2H3,(H2,14,15,17). The Morgan fingerprint density at radius 3 is 2.41 bits per heavy atom. The normalized spacial score (nSPS) is 23.4. The zero-order chi connectivity index (χ0) is 12.4. The van der Waals surface area contributed by atoms with Gasteiger partial charge in [-0.1, -0.05) is 44.2 Å². The van der Waals surface area contributed by atoms with Crippen LogP contribution in [0.2, 0.25) is 0 Å². The maximum atomic E-state index is 12.3. The van der Waals surface area contributed by atoms with E-state index in [1.165, 1.54) is 0 Å². The minimum atomic E-state index is -0.468. The highest BCUT2D eigenvalue weighted by Gasteiger charge is 2.38. The molecule has 1 heterocycles. The lowest BCUT2D eigenvalue weighted by Crippen LogP contribution is -2.43. The molecular formula is C13H16N2O2. The number of hydrogen-bond donors (Lipinski definition) is 2. The maximum absolute atomic E-state index is 12.3. The van der Waals surface area contributed by atoms with Crippen LogP contribution in [-0.4, -0.2) is 23.9 Å². The molecule has 2 amide bonds. The molecule has 90 valence electrons. The van der Waals surface area contributed by atoms with Gasteiger partial charge in [0.2, 0.25) is 0 Å². The van der Waals surface area contributed by atoms with Crippen LogP contribution in [0, 0.1) is 5.92 Å². The Kier molecular flexibility index (Phi) is 3.13. The van der Waals surface area contributed by atoms with Crippen molar-refractivity contribution in [3.63, 3.8) is 0 Å². The van der Waals surface area contributed by atoms with Crippen LogP contribution in [-0.2, 0) is 0 Å². The number of nitrogens with one attached hydrogen (secondary N) is 2. The highest BCUT2D eigenvalue weighted by Crippen LogP contribution is 2.16. The lowest BCUT2D eigenvalue weighted by Gasteiger charge is -2.20. The van der Waals surface area contributed by atoms with E-state index in [1.54, 1.807) is 12.1 Å². The molecule has 2 N–H and O–H groups in total. The van der Waals surface area contributed by atoms with Gasteiger partial charge in [-0.2, -0.15) is 0 Å². The molecule has 4 nitrogen and oxygen atoms in total. The summed E-state index contributed by atoms with van der Waals surface area (Å²) < 4.78 is 0. The third-order valence-corrected chi connectivity index (χ3v) is 3.00. The van der Waals surface area contributed by atoms with Gasteiger partial charge in [0.1, 0.15) is 6.04 Å². The Bertz CT molecular complexity index is 428. The van der Waals surface area contributed by atoms with E-state index in [9.17, 15) is 9.59 Å². The summed E-state index contributed by atoms with van der Waals surface area (Å²) in [7, 11) is 0. The van der Waals surface area contributed by atoms with Crippen molar-refractivity contribution in [1.82, 2.24) is 10.6 Å². The number of hydrogen-bond acceptors (Lipinski definition) is 2. The van der Waals surface area contributed by atoms with E-state index in [0.29, 0.717) is 5.56 Å². The zero-order valence-corrected chi connectivity index (χ0v) is 9.94. The summed E-state index contributed by atoms with van der Waals surface area (Å²) in [5.74, 6) is 0.175. The molecule has 1 aliphatic heterocycles. The summed E-state index contributed by atoms with van der Waals surface area (Å²) >= 11 is 0. The van der Waals surface area contributed by atoms with E-state index < -0.39 is 6.04 Å². The van der Waals surface area contributed by atoms with Crippen molar-refractivity contribution < 1.29 is 9.59 Å². The Balaban J connectivity index is 2.22.